The minimum atomic E-state index is 0.586. The van der Waals surface area contributed by atoms with Crippen molar-refractivity contribution in [2.24, 2.45) is 11.7 Å². The number of nitrogens with zero attached hydrogens (tertiary/aromatic N) is 2. The second kappa shape index (κ2) is 8.41. The lowest BCUT2D eigenvalue weighted by Crippen LogP contribution is -2.06. The molecule has 4 nitrogen and oxygen atoms in total. The average Bonchev–Trinajstić information content (AvgIpc) is 2.93. The van der Waals surface area contributed by atoms with Crippen LogP contribution in [0.15, 0.2) is 33.7 Å². The van der Waals surface area contributed by atoms with Crippen molar-refractivity contribution in [3.8, 4) is 0 Å². The van der Waals surface area contributed by atoms with Crippen LogP contribution in [0, 0.1) is 5.92 Å². The van der Waals surface area contributed by atoms with E-state index in [4.69, 9.17) is 21.9 Å². The monoisotopic (exact) mass is 325 g/mol. The first kappa shape index (κ1) is 16.3. The fourth-order valence-electron chi connectivity index (χ4n) is 1.95. The molecular formula is C15H20ClN3OS. The SMILES string of the molecule is CC(CCN)CCc1nc(CSc2ccccc2Cl)no1. The zero-order valence-electron chi connectivity index (χ0n) is 12.1. The first-order chi connectivity index (χ1) is 10.2. The Hall–Kier alpha value is -1.04. The van der Waals surface area contributed by atoms with E-state index < -0.39 is 0 Å². The summed E-state index contributed by atoms with van der Waals surface area (Å²) in [6.07, 6.45) is 2.87. The van der Waals surface area contributed by atoms with Crippen molar-refractivity contribution in [3.63, 3.8) is 0 Å². The third-order valence-electron chi connectivity index (χ3n) is 3.21. The Labute approximate surface area is 134 Å². The van der Waals surface area contributed by atoms with Gasteiger partial charge in [0.15, 0.2) is 5.82 Å². The van der Waals surface area contributed by atoms with E-state index in [0.717, 1.165) is 35.7 Å². The van der Waals surface area contributed by atoms with Gasteiger partial charge < -0.3 is 10.3 Å². The average molecular weight is 326 g/mol. The molecular weight excluding hydrogens is 306 g/mol. The third kappa shape index (κ3) is 5.34. The van der Waals surface area contributed by atoms with E-state index in [-0.39, 0.29) is 0 Å². The van der Waals surface area contributed by atoms with Crippen LogP contribution in [0.1, 0.15) is 31.5 Å². The molecule has 2 aromatic rings. The van der Waals surface area contributed by atoms with Crippen LogP contribution in [0.2, 0.25) is 5.02 Å². The molecule has 1 aromatic carbocycles. The second-order valence-corrected chi connectivity index (χ2v) is 6.47. The lowest BCUT2D eigenvalue weighted by Gasteiger charge is -2.06. The van der Waals surface area contributed by atoms with Crippen molar-refractivity contribution < 1.29 is 4.52 Å². The van der Waals surface area contributed by atoms with Gasteiger partial charge in [0.1, 0.15) is 0 Å². The second-order valence-electron chi connectivity index (χ2n) is 5.04. The Balaban J connectivity index is 1.82. The maximum atomic E-state index is 6.11. The molecule has 2 N–H and O–H groups in total. The molecule has 0 saturated heterocycles. The normalized spacial score (nSPS) is 12.5. The molecule has 6 heteroatoms. The number of hydrogen-bond donors (Lipinski definition) is 1. The fourth-order valence-corrected chi connectivity index (χ4v) is 3.04. The van der Waals surface area contributed by atoms with Crippen LogP contribution in [0.4, 0.5) is 0 Å². The van der Waals surface area contributed by atoms with Crippen molar-refractivity contribution >= 4 is 23.4 Å². The third-order valence-corrected chi connectivity index (χ3v) is 4.73. The van der Waals surface area contributed by atoms with Gasteiger partial charge in [-0.25, -0.2) is 0 Å². The summed E-state index contributed by atoms with van der Waals surface area (Å²) >= 11 is 7.73. The van der Waals surface area contributed by atoms with Gasteiger partial charge in [0.25, 0.3) is 0 Å². The number of rotatable bonds is 8. The Kier molecular flexibility index (Phi) is 6.54. The summed E-state index contributed by atoms with van der Waals surface area (Å²) < 4.78 is 5.27. The topological polar surface area (TPSA) is 64.9 Å². The molecule has 2 rings (SSSR count). The van der Waals surface area contributed by atoms with Gasteiger partial charge >= 0.3 is 0 Å². The van der Waals surface area contributed by atoms with Crippen LogP contribution in [0.25, 0.3) is 0 Å². The number of hydrogen-bond acceptors (Lipinski definition) is 5. The highest BCUT2D eigenvalue weighted by molar-refractivity contribution is 7.98. The maximum absolute atomic E-state index is 6.11. The van der Waals surface area contributed by atoms with Crippen LogP contribution >= 0.6 is 23.4 Å². The molecule has 1 aromatic heterocycles. The molecule has 0 bridgehead atoms. The zero-order valence-corrected chi connectivity index (χ0v) is 13.7. The van der Waals surface area contributed by atoms with Gasteiger partial charge in [-0.15, -0.1) is 11.8 Å². The molecule has 0 amide bonds. The maximum Gasteiger partial charge on any atom is 0.226 e. The Morgan fingerprint density at radius 1 is 1.33 bits per heavy atom. The first-order valence-corrected chi connectivity index (χ1v) is 8.44. The van der Waals surface area contributed by atoms with Gasteiger partial charge in [-0.2, -0.15) is 4.98 Å². The smallest absolute Gasteiger partial charge is 0.226 e. The summed E-state index contributed by atoms with van der Waals surface area (Å²) in [4.78, 5) is 5.44. The standard InChI is InChI=1S/C15H20ClN3OS/c1-11(8-9-17)6-7-15-18-14(19-20-15)10-21-13-5-3-2-4-12(13)16/h2-5,11H,6-10,17H2,1H3. The van der Waals surface area contributed by atoms with E-state index in [2.05, 4.69) is 17.1 Å². The van der Waals surface area contributed by atoms with Gasteiger partial charge in [-0.05, 0) is 37.4 Å². The fraction of sp³-hybridized carbons (Fsp3) is 0.467. The van der Waals surface area contributed by atoms with E-state index >= 15 is 0 Å². The van der Waals surface area contributed by atoms with Crippen LogP contribution in [0.5, 0.6) is 0 Å². The number of benzene rings is 1. The Morgan fingerprint density at radius 3 is 2.90 bits per heavy atom. The molecule has 0 aliphatic heterocycles. The van der Waals surface area contributed by atoms with E-state index in [1.165, 1.54) is 0 Å². The number of aryl methyl sites for hydroxylation is 1. The molecule has 0 saturated carbocycles. The van der Waals surface area contributed by atoms with Crippen LogP contribution in [-0.2, 0) is 12.2 Å². The number of thioether (sulfide) groups is 1. The van der Waals surface area contributed by atoms with Crippen molar-refractivity contribution in [3.05, 3.63) is 41.0 Å². The summed E-state index contributed by atoms with van der Waals surface area (Å²) in [5, 5.41) is 4.76. The molecule has 21 heavy (non-hydrogen) atoms. The highest BCUT2D eigenvalue weighted by atomic mass is 35.5. The predicted molar refractivity (Wildman–Crippen MR) is 86.5 cm³/mol. The van der Waals surface area contributed by atoms with E-state index in [1.807, 2.05) is 24.3 Å². The summed E-state index contributed by atoms with van der Waals surface area (Å²) in [7, 11) is 0. The Morgan fingerprint density at radius 2 is 2.14 bits per heavy atom. The van der Waals surface area contributed by atoms with Gasteiger partial charge in [-0.1, -0.05) is 35.8 Å². The molecule has 0 fully saturated rings. The summed E-state index contributed by atoms with van der Waals surface area (Å²) in [6, 6.07) is 7.75. The van der Waals surface area contributed by atoms with Crippen molar-refractivity contribution in [1.82, 2.24) is 10.1 Å². The van der Waals surface area contributed by atoms with Gasteiger partial charge in [0.05, 0.1) is 10.8 Å². The number of halogens is 1. The highest BCUT2D eigenvalue weighted by Gasteiger charge is 2.10. The molecule has 0 radical (unpaired) electrons. The number of nitrogens with two attached hydrogens (primary N) is 1. The van der Waals surface area contributed by atoms with Gasteiger partial charge in [0.2, 0.25) is 5.89 Å². The summed E-state index contributed by atoms with van der Waals surface area (Å²) in [5.74, 6) is 2.66. The molecule has 114 valence electrons. The largest absolute Gasteiger partial charge is 0.339 e. The van der Waals surface area contributed by atoms with Crippen molar-refractivity contribution in [1.29, 1.82) is 0 Å². The van der Waals surface area contributed by atoms with E-state index in [1.54, 1.807) is 11.8 Å². The molecule has 1 unspecified atom stereocenters. The predicted octanol–water partition coefficient (Wildman–Crippen LogP) is 3.93. The highest BCUT2D eigenvalue weighted by Crippen LogP contribution is 2.28. The van der Waals surface area contributed by atoms with Crippen molar-refractivity contribution in [2.45, 2.75) is 36.8 Å². The minimum Gasteiger partial charge on any atom is -0.339 e. The molecule has 1 heterocycles. The lowest BCUT2D eigenvalue weighted by molar-refractivity contribution is 0.359. The molecule has 0 spiro atoms. The summed E-state index contributed by atoms with van der Waals surface area (Å²) in [6.45, 7) is 2.92. The quantitative estimate of drug-likeness (QED) is 0.745. The minimum absolute atomic E-state index is 0.586. The van der Waals surface area contributed by atoms with Crippen LogP contribution < -0.4 is 5.73 Å². The molecule has 1 atom stereocenters. The first-order valence-electron chi connectivity index (χ1n) is 7.08. The lowest BCUT2D eigenvalue weighted by atomic mass is 10.0. The van der Waals surface area contributed by atoms with Crippen LogP contribution in [0.3, 0.4) is 0 Å². The number of aromatic nitrogens is 2. The van der Waals surface area contributed by atoms with Crippen LogP contribution in [-0.4, -0.2) is 16.7 Å². The molecule has 0 aliphatic rings. The van der Waals surface area contributed by atoms with Gasteiger partial charge in [-0.3, -0.25) is 0 Å². The van der Waals surface area contributed by atoms with Crippen molar-refractivity contribution in [2.75, 3.05) is 6.54 Å². The Bertz CT molecular complexity index is 561. The summed E-state index contributed by atoms with van der Waals surface area (Å²) in [5.41, 5.74) is 5.54. The van der Waals surface area contributed by atoms with E-state index in [9.17, 15) is 0 Å². The zero-order chi connectivity index (χ0) is 15.1. The van der Waals surface area contributed by atoms with E-state index in [0.29, 0.717) is 23.4 Å². The van der Waals surface area contributed by atoms with Gasteiger partial charge in [0, 0.05) is 11.3 Å². The molecule has 0 aliphatic carbocycles.